The first kappa shape index (κ1) is 14.8. The Hall–Kier alpha value is -1.11. The molecule has 2 fully saturated rings. The van der Waals surface area contributed by atoms with Gasteiger partial charge in [0.15, 0.2) is 5.69 Å². The lowest BCUT2D eigenvalue weighted by atomic mass is 10.1. The Balaban J connectivity index is 1.70. The summed E-state index contributed by atoms with van der Waals surface area (Å²) in [5.74, 6) is -0.206. The lowest BCUT2D eigenvalue weighted by Crippen LogP contribution is -2.46. The lowest BCUT2D eigenvalue weighted by molar-refractivity contribution is 0.0702. The second kappa shape index (κ2) is 5.94. The molecule has 2 N–H and O–H groups in total. The molecule has 3 rings (SSSR count). The Kier molecular flexibility index (Phi) is 4.19. The molecular formula is C14H21ClN4O2. The number of piperidine rings is 1. The van der Waals surface area contributed by atoms with E-state index in [1.807, 2.05) is 0 Å². The third-order valence-corrected chi connectivity index (χ3v) is 4.94. The maximum absolute atomic E-state index is 12.5. The van der Waals surface area contributed by atoms with Gasteiger partial charge < -0.3 is 10.0 Å². The van der Waals surface area contributed by atoms with E-state index in [4.69, 9.17) is 11.6 Å². The number of aliphatic hydroxyl groups is 1. The standard InChI is InChI=1S/C14H21ClN4O2/c1-9-12(15)13(17-16-9)14(21)19-7-10(11(20)8-19)18-5-3-2-4-6-18/h10-11,20H,2-8H2,1H3,(H,16,17)/t10-,11-/m0/s1. The molecule has 1 aromatic rings. The smallest absolute Gasteiger partial charge is 0.276 e. The zero-order chi connectivity index (χ0) is 15.0. The predicted octanol–water partition coefficient (Wildman–Crippen LogP) is 1.04. The normalized spacial score (nSPS) is 27.3. The van der Waals surface area contributed by atoms with E-state index in [1.54, 1.807) is 11.8 Å². The summed E-state index contributed by atoms with van der Waals surface area (Å²) in [5.41, 5.74) is 0.938. The van der Waals surface area contributed by atoms with Gasteiger partial charge in [0.1, 0.15) is 0 Å². The number of aryl methyl sites for hydroxylation is 1. The number of aromatic amines is 1. The van der Waals surface area contributed by atoms with Crippen LogP contribution in [0.3, 0.4) is 0 Å². The van der Waals surface area contributed by atoms with E-state index in [1.165, 1.54) is 19.3 Å². The summed E-state index contributed by atoms with van der Waals surface area (Å²) in [4.78, 5) is 16.4. The molecule has 2 saturated heterocycles. The number of β-amino-alcohol motifs (C(OH)–C–C–N with tert-alkyl or cyclic N) is 1. The minimum absolute atomic E-state index is 0.0352. The summed E-state index contributed by atoms with van der Waals surface area (Å²) < 4.78 is 0. The molecule has 2 atom stereocenters. The topological polar surface area (TPSA) is 72.5 Å². The third kappa shape index (κ3) is 2.80. The van der Waals surface area contributed by atoms with Gasteiger partial charge in [-0.1, -0.05) is 18.0 Å². The first-order valence-electron chi connectivity index (χ1n) is 7.50. The molecule has 0 aromatic carbocycles. The van der Waals surface area contributed by atoms with Crippen LogP contribution in [0.25, 0.3) is 0 Å². The summed E-state index contributed by atoms with van der Waals surface area (Å²) in [6.07, 6.45) is 3.10. The van der Waals surface area contributed by atoms with Gasteiger partial charge in [-0.15, -0.1) is 0 Å². The molecule has 0 bridgehead atoms. The highest BCUT2D eigenvalue weighted by molar-refractivity contribution is 6.34. The molecule has 1 aromatic heterocycles. The molecule has 0 spiro atoms. The van der Waals surface area contributed by atoms with Crippen molar-refractivity contribution >= 4 is 17.5 Å². The second-order valence-electron chi connectivity index (χ2n) is 5.95. The number of amides is 1. The molecule has 21 heavy (non-hydrogen) atoms. The van der Waals surface area contributed by atoms with Gasteiger partial charge >= 0.3 is 0 Å². The maximum atomic E-state index is 12.5. The highest BCUT2D eigenvalue weighted by Crippen LogP contribution is 2.24. The maximum Gasteiger partial charge on any atom is 0.276 e. The van der Waals surface area contributed by atoms with Crippen LogP contribution in [-0.2, 0) is 0 Å². The lowest BCUT2D eigenvalue weighted by Gasteiger charge is -2.33. The van der Waals surface area contributed by atoms with Crippen molar-refractivity contribution in [3.8, 4) is 0 Å². The average Bonchev–Trinajstić information content (AvgIpc) is 3.04. The SMILES string of the molecule is Cc1[nH]nc(C(=O)N2C[C@H](O)[C@@H](N3CCCCC3)C2)c1Cl. The monoisotopic (exact) mass is 312 g/mol. The van der Waals surface area contributed by atoms with Crippen molar-refractivity contribution in [3.05, 3.63) is 16.4 Å². The van der Waals surface area contributed by atoms with Gasteiger partial charge in [0.05, 0.1) is 22.9 Å². The largest absolute Gasteiger partial charge is 0.390 e. The van der Waals surface area contributed by atoms with Gasteiger partial charge in [-0.3, -0.25) is 14.8 Å². The number of halogens is 1. The molecule has 2 aliphatic heterocycles. The molecule has 0 radical (unpaired) electrons. The van der Waals surface area contributed by atoms with Gasteiger partial charge in [0, 0.05) is 13.1 Å². The van der Waals surface area contributed by atoms with Crippen molar-refractivity contribution in [3.63, 3.8) is 0 Å². The summed E-state index contributed by atoms with van der Waals surface area (Å²) >= 11 is 6.09. The van der Waals surface area contributed by atoms with Crippen molar-refractivity contribution in [1.82, 2.24) is 20.0 Å². The summed E-state index contributed by atoms with van der Waals surface area (Å²) in [7, 11) is 0. The zero-order valence-corrected chi connectivity index (χ0v) is 12.9. The van der Waals surface area contributed by atoms with Crippen LogP contribution in [0.5, 0.6) is 0 Å². The number of H-pyrrole nitrogens is 1. The fraction of sp³-hybridized carbons (Fsp3) is 0.714. The Morgan fingerprint density at radius 3 is 2.67 bits per heavy atom. The van der Waals surface area contributed by atoms with Crippen LogP contribution < -0.4 is 0 Å². The van der Waals surface area contributed by atoms with Crippen LogP contribution >= 0.6 is 11.6 Å². The van der Waals surface area contributed by atoms with Crippen molar-refractivity contribution in [1.29, 1.82) is 0 Å². The van der Waals surface area contributed by atoms with E-state index < -0.39 is 6.10 Å². The van der Waals surface area contributed by atoms with E-state index in [2.05, 4.69) is 15.1 Å². The Bertz CT molecular complexity index is 527. The van der Waals surface area contributed by atoms with Gasteiger partial charge in [-0.05, 0) is 32.9 Å². The molecule has 7 heteroatoms. The average molecular weight is 313 g/mol. The Labute approximate surface area is 129 Å². The zero-order valence-electron chi connectivity index (χ0n) is 12.2. The molecule has 0 unspecified atom stereocenters. The molecule has 2 aliphatic rings. The van der Waals surface area contributed by atoms with Crippen LogP contribution in [0.1, 0.15) is 35.4 Å². The number of rotatable bonds is 2. The van der Waals surface area contributed by atoms with Crippen molar-refractivity contribution in [2.24, 2.45) is 0 Å². The third-order valence-electron chi connectivity index (χ3n) is 4.48. The molecule has 0 saturated carbocycles. The molecule has 6 nitrogen and oxygen atoms in total. The van der Waals surface area contributed by atoms with Crippen LogP contribution in [-0.4, -0.2) is 69.3 Å². The van der Waals surface area contributed by atoms with Crippen molar-refractivity contribution in [2.45, 2.75) is 38.3 Å². The first-order valence-corrected chi connectivity index (χ1v) is 7.87. The van der Waals surface area contributed by atoms with Gasteiger partial charge in [-0.25, -0.2) is 0 Å². The Morgan fingerprint density at radius 2 is 2.05 bits per heavy atom. The van der Waals surface area contributed by atoms with Crippen LogP contribution in [0.4, 0.5) is 0 Å². The van der Waals surface area contributed by atoms with Crippen LogP contribution in [0, 0.1) is 6.92 Å². The molecule has 3 heterocycles. The minimum atomic E-state index is -0.495. The minimum Gasteiger partial charge on any atom is -0.390 e. The quantitative estimate of drug-likeness (QED) is 0.856. The summed E-state index contributed by atoms with van der Waals surface area (Å²) in [6, 6.07) is 0.0352. The van der Waals surface area contributed by atoms with Crippen LogP contribution in [0.15, 0.2) is 0 Å². The number of nitrogens with one attached hydrogen (secondary N) is 1. The number of carbonyl (C=O) groups is 1. The molecular weight excluding hydrogens is 292 g/mol. The fourth-order valence-corrected chi connectivity index (χ4v) is 3.42. The van der Waals surface area contributed by atoms with Crippen molar-refractivity contribution in [2.75, 3.05) is 26.2 Å². The van der Waals surface area contributed by atoms with Gasteiger partial charge in [-0.2, -0.15) is 5.10 Å². The van der Waals surface area contributed by atoms with Gasteiger partial charge in [0.2, 0.25) is 0 Å². The molecule has 0 aliphatic carbocycles. The second-order valence-corrected chi connectivity index (χ2v) is 6.33. The van der Waals surface area contributed by atoms with Crippen molar-refractivity contribution < 1.29 is 9.90 Å². The predicted molar refractivity (Wildman–Crippen MR) is 79.5 cm³/mol. The highest BCUT2D eigenvalue weighted by atomic mass is 35.5. The van der Waals surface area contributed by atoms with Crippen LogP contribution in [0.2, 0.25) is 5.02 Å². The van der Waals surface area contributed by atoms with E-state index in [-0.39, 0.29) is 17.6 Å². The highest BCUT2D eigenvalue weighted by Gasteiger charge is 2.39. The van der Waals surface area contributed by atoms with Gasteiger partial charge in [0.25, 0.3) is 5.91 Å². The Morgan fingerprint density at radius 1 is 1.33 bits per heavy atom. The summed E-state index contributed by atoms with van der Waals surface area (Å²) in [5, 5.41) is 17.4. The van der Waals surface area contributed by atoms with E-state index in [9.17, 15) is 9.90 Å². The molecule has 116 valence electrons. The number of aromatic nitrogens is 2. The number of likely N-dealkylation sites (tertiary alicyclic amines) is 2. The number of nitrogens with zero attached hydrogens (tertiary/aromatic N) is 3. The first-order chi connectivity index (χ1) is 10.1. The van der Waals surface area contributed by atoms with E-state index in [0.29, 0.717) is 23.8 Å². The van der Waals surface area contributed by atoms with E-state index >= 15 is 0 Å². The van der Waals surface area contributed by atoms with E-state index in [0.717, 1.165) is 13.1 Å². The number of carbonyl (C=O) groups excluding carboxylic acids is 1. The molecule has 1 amide bonds. The number of aliphatic hydroxyl groups excluding tert-OH is 1. The number of hydrogen-bond donors (Lipinski definition) is 2. The summed E-state index contributed by atoms with van der Waals surface area (Å²) in [6.45, 7) is 4.68. The fourth-order valence-electron chi connectivity index (χ4n) is 3.25. The number of hydrogen-bond acceptors (Lipinski definition) is 4.